The Morgan fingerprint density at radius 1 is 1.42 bits per heavy atom. The number of amides is 1. The number of likely N-dealkylation sites (tertiary alicyclic amines) is 1. The molecule has 1 amide bonds. The second-order valence-electron chi connectivity index (χ2n) is 5.09. The van der Waals surface area contributed by atoms with Gasteiger partial charge in [0, 0.05) is 24.9 Å². The molecule has 19 heavy (non-hydrogen) atoms. The van der Waals surface area contributed by atoms with Crippen LogP contribution in [0.25, 0.3) is 0 Å². The first-order chi connectivity index (χ1) is 9.06. The highest BCUT2D eigenvalue weighted by molar-refractivity contribution is 5.95. The van der Waals surface area contributed by atoms with Crippen molar-refractivity contribution in [2.45, 2.75) is 37.3 Å². The van der Waals surface area contributed by atoms with E-state index < -0.39 is 24.0 Å². The molecule has 0 aromatic carbocycles. The van der Waals surface area contributed by atoms with Gasteiger partial charge in [0.05, 0.1) is 6.10 Å². The van der Waals surface area contributed by atoms with E-state index in [0.717, 1.165) is 17.7 Å². The molecular formula is C12H14N2O5. The van der Waals surface area contributed by atoms with Crippen LogP contribution in [0.5, 0.6) is 0 Å². The maximum atomic E-state index is 12.2. The second kappa shape index (κ2) is 4.34. The molecule has 7 nitrogen and oxygen atoms in total. The first-order valence-corrected chi connectivity index (χ1v) is 6.24. The number of aromatic nitrogens is 1. The lowest BCUT2D eigenvalue weighted by molar-refractivity contribution is -0.141. The van der Waals surface area contributed by atoms with E-state index in [1.54, 1.807) is 6.07 Å². The van der Waals surface area contributed by atoms with Crippen molar-refractivity contribution < 1.29 is 24.3 Å². The van der Waals surface area contributed by atoms with Crippen LogP contribution in [0.2, 0.25) is 0 Å². The van der Waals surface area contributed by atoms with Crippen molar-refractivity contribution in [2.24, 2.45) is 0 Å². The first kappa shape index (κ1) is 12.2. The summed E-state index contributed by atoms with van der Waals surface area (Å²) in [6.45, 7) is 0.0153. The topological polar surface area (TPSA) is 104 Å². The minimum absolute atomic E-state index is 0.0153. The van der Waals surface area contributed by atoms with Crippen molar-refractivity contribution >= 4 is 11.9 Å². The van der Waals surface area contributed by atoms with Crippen LogP contribution in [0.3, 0.4) is 0 Å². The monoisotopic (exact) mass is 266 g/mol. The predicted molar refractivity (Wildman–Crippen MR) is 61.6 cm³/mol. The summed E-state index contributed by atoms with van der Waals surface area (Å²) in [5.74, 6) is -0.598. The fourth-order valence-electron chi connectivity index (χ4n) is 2.37. The molecule has 1 aromatic rings. The molecule has 7 heteroatoms. The minimum atomic E-state index is -1.11. The number of carbonyl (C=O) groups is 2. The van der Waals surface area contributed by atoms with Crippen molar-refractivity contribution in [2.75, 3.05) is 6.54 Å². The predicted octanol–water partition coefficient (Wildman–Crippen LogP) is 0.212. The standard InChI is InChI=1S/C12H14N2O5/c15-7-3-9(12(17)18)14(5-7)11(16)8-4-10(19-13-8)6-1-2-6/h4,6-7,9,15H,1-3,5H2,(H,17,18)/t7-,9-/m0/s1. The molecule has 2 atom stereocenters. The summed E-state index contributed by atoms with van der Waals surface area (Å²) in [7, 11) is 0. The number of nitrogens with zero attached hydrogens (tertiary/aromatic N) is 2. The maximum absolute atomic E-state index is 12.2. The van der Waals surface area contributed by atoms with Crippen LogP contribution in [0.4, 0.5) is 0 Å². The summed E-state index contributed by atoms with van der Waals surface area (Å²) in [5.41, 5.74) is 0.113. The Hall–Kier alpha value is -1.89. The summed E-state index contributed by atoms with van der Waals surface area (Å²) < 4.78 is 5.08. The molecule has 1 aliphatic heterocycles. The number of rotatable bonds is 3. The number of aliphatic hydroxyl groups excluding tert-OH is 1. The normalized spacial score (nSPS) is 26.7. The molecule has 2 fully saturated rings. The third-order valence-corrected chi connectivity index (χ3v) is 3.55. The van der Waals surface area contributed by atoms with Crippen LogP contribution in [-0.4, -0.2) is 50.8 Å². The Kier molecular flexibility index (Phi) is 2.78. The van der Waals surface area contributed by atoms with Gasteiger partial charge in [-0.2, -0.15) is 0 Å². The van der Waals surface area contributed by atoms with Crippen molar-refractivity contribution in [3.8, 4) is 0 Å². The number of aliphatic carboxylic acids is 1. The zero-order valence-corrected chi connectivity index (χ0v) is 10.2. The third-order valence-electron chi connectivity index (χ3n) is 3.55. The molecular weight excluding hydrogens is 252 g/mol. The van der Waals surface area contributed by atoms with Crippen molar-refractivity contribution in [3.63, 3.8) is 0 Å². The van der Waals surface area contributed by atoms with Crippen LogP contribution in [-0.2, 0) is 4.79 Å². The van der Waals surface area contributed by atoms with Gasteiger partial charge in [-0.25, -0.2) is 4.79 Å². The summed E-state index contributed by atoms with van der Waals surface area (Å²) in [5, 5.41) is 22.3. The van der Waals surface area contributed by atoms with Gasteiger partial charge in [-0.15, -0.1) is 0 Å². The average Bonchev–Trinajstić information content (AvgIpc) is 2.96. The molecule has 3 rings (SSSR count). The summed E-state index contributed by atoms with van der Waals surface area (Å²) in [6, 6.07) is 0.576. The SMILES string of the molecule is O=C(O)[C@@H]1C[C@H](O)CN1C(=O)c1cc(C2CC2)on1. The number of carboxylic acids is 1. The number of hydrogen-bond donors (Lipinski definition) is 2. The molecule has 0 radical (unpaired) electrons. The zero-order valence-electron chi connectivity index (χ0n) is 10.2. The molecule has 0 unspecified atom stereocenters. The molecule has 102 valence electrons. The van der Waals surface area contributed by atoms with E-state index in [1.165, 1.54) is 0 Å². The van der Waals surface area contributed by atoms with Gasteiger partial charge in [0.25, 0.3) is 5.91 Å². The third kappa shape index (κ3) is 2.21. The molecule has 0 bridgehead atoms. The molecule has 1 saturated heterocycles. The zero-order chi connectivity index (χ0) is 13.6. The smallest absolute Gasteiger partial charge is 0.326 e. The Morgan fingerprint density at radius 2 is 2.16 bits per heavy atom. The van der Waals surface area contributed by atoms with Crippen LogP contribution < -0.4 is 0 Å². The Labute approximate surface area is 108 Å². The van der Waals surface area contributed by atoms with Gasteiger partial charge in [0.1, 0.15) is 11.8 Å². The number of aliphatic hydroxyl groups is 1. The van der Waals surface area contributed by atoms with E-state index in [4.69, 9.17) is 9.63 Å². The minimum Gasteiger partial charge on any atom is -0.480 e. The summed E-state index contributed by atoms with van der Waals surface area (Å²) >= 11 is 0. The molecule has 2 N–H and O–H groups in total. The summed E-state index contributed by atoms with van der Waals surface area (Å²) in [4.78, 5) is 24.4. The van der Waals surface area contributed by atoms with E-state index in [1.807, 2.05) is 0 Å². The van der Waals surface area contributed by atoms with Crippen LogP contribution in [0.15, 0.2) is 10.6 Å². The van der Waals surface area contributed by atoms with Gasteiger partial charge in [-0.3, -0.25) is 4.79 Å². The van der Waals surface area contributed by atoms with Crippen LogP contribution >= 0.6 is 0 Å². The number of carbonyl (C=O) groups excluding carboxylic acids is 1. The molecule has 1 aliphatic carbocycles. The fraction of sp³-hybridized carbons (Fsp3) is 0.583. The fourth-order valence-corrected chi connectivity index (χ4v) is 2.37. The molecule has 2 aliphatic rings. The van der Waals surface area contributed by atoms with Gasteiger partial charge >= 0.3 is 5.97 Å². The van der Waals surface area contributed by atoms with E-state index in [0.29, 0.717) is 11.7 Å². The molecule has 1 aromatic heterocycles. The first-order valence-electron chi connectivity index (χ1n) is 6.24. The van der Waals surface area contributed by atoms with E-state index in [9.17, 15) is 14.7 Å². The van der Waals surface area contributed by atoms with Gasteiger partial charge in [-0.1, -0.05) is 5.16 Å². The number of β-amino-alcohol motifs (C(OH)–C–C–N with tert-alkyl or cyclic N) is 1. The Balaban J connectivity index is 1.79. The molecule has 0 spiro atoms. The molecule has 2 heterocycles. The van der Waals surface area contributed by atoms with Gasteiger partial charge < -0.3 is 19.6 Å². The molecule has 1 saturated carbocycles. The van der Waals surface area contributed by atoms with E-state index >= 15 is 0 Å². The highest BCUT2D eigenvalue weighted by Gasteiger charge is 2.40. The quantitative estimate of drug-likeness (QED) is 0.810. The van der Waals surface area contributed by atoms with E-state index in [2.05, 4.69) is 5.16 Å². The lowest BCUT2D eigenvalue weighted by Gasteiger charge is -2.19. The maximum Gasteiger partial charge on any atom is 0.326 e. The van der Waals surface area contributed by atoms with Gasteiger partial charge in [-0.05, 0) is 12.8 Å². The van der Waals surface area contributed by atoms with Crippen LogP contribution in [0.1, 0.15) is 41.4 Å². The largest absolute Gasteiger partial charge is 0.480 e. The Bertz CT molecular complexity index is 522. The van der Waals surface area contributed by atoms with Crippen molar-refractivity contribution in [1.29, 1.82) is 0 Å². The lowest BCUT2D eigenvalue weighted by atomic mass is 10.2. The highest BCUT2D eigenvalue weighted by Crippen LogP contribution is 2.40. The van der Waals surface area contributed by atoms with Crippen LogP contribution in [0, 0.1) is 0 Å². The summed E-state index contributed by atoms with van der Waals surface area (Å²) in [6.07, 6.45) is 1.31. The second-order valence-corrected chi connectivity index (χ2v) is 5.09. The van der Waals surface area contributed by atoms with Crippen molar-refractivity contribution in [1.82, 2.24) is 10.1 Å². The van der Waals surface area contributed by atoms with Gasteiger partial charge in [0.2, 0.25) is 0 Å². The number of carboxylic acid groups (broad SMARTS) is 1. The lowest BCUT2D eigenvalue weighted by Crippen LogP contribution is -2.40. The van der Waals surface area contributed by atoms with E-state index in [-0.39, 0.29) is 18.7 Å². The Morgan fingerprint density at radius 3 is 2.79 bits per heavy atom. The van der Waals surface area contributed by atoms with Crippen molar-refractivity contribution in [3.05, 3.63) is 17.5 Å². The highest BCUT2D eigenvalue weighted by atomic mass is 16.5. The number of hydrogen-bond acceptors (Lipinski definition) is 5. The van der Waals surface area contributed by atoms with Gasteiger partial charge in [0.15, 0.2) is 5.69 Å². The average molecular weight is 266 g/mol.